The lowest BCUT2D eigenvalue weighted by molar-refractivity contribution is 1.14. The molecule has 0 saturated heterocycles. The summed E-state index contributed by atoms with van der Waals surface area (Å²) in [6, 6.07) is 1.87. The summed E-state index contributed by atoms with van der Waals surface area (Å²) in [4.78, 5) is 7.69. The van der Waals surface area contributed by atoms with E-state index in [9.17, 15) is 0 Å². The molecule has 0 aliphatic carbocycles. The van der Waals surface area contributed by atoms with Crippen LogP contribution >= 0.6 is 0 Å². The molecule has 0 spiro atoms. The third kappa shape index (κ3) is 1.96. The first-order valence-electron chi connectivity index (χ1n) is 3.26. The maximum absolute atomic E-state index is 8.40. The van der Waals surface area contributed by atoms with Gasteiger partial charge in [-0.2, -0.15) is 5.26 Å². The van der Waals surface area contributed by atoms with E-state index >= 15 is 0 Å². The van der Waals surface area contributed by atoms with Crippen LogP contribution in [0, 0.1) is 23.7 Å². The molecule has 1 heterocycles. The number of rotatable bonds is 2. The van der Waals surface area contributed by atoms with Crippen molar-refractivity contribution in [3.05, 3.63) is 18.1 Å². The molecule has 0 saturated carbocycles. The number of nitriles is 1. The van der Waals surface area contributed by atoms with Gasteiger partial charge in [-0.05, 0) is 0 Å². The van der Waals surface area contributed by atoms with Gasteiger partial charge in [0.2, 0.25) is 0 Å². The Morgan fingerprint density at radius 1 is 1.50 bits per heavy atom. The minimum atomic E-state index is 0.293. The molecule has 0 aliphatic rings. The highest BCUT2D eigenvalue weighted by Crippen LogP contribution is 1.98. The van der Waals surface area contributed by atoms with E-state index in [1.165, 1.54) is 12.4 Å². The second kappa shape index (κ2) is 3.95. The van der Waals surface area contributed by atoms with Crippen LogP contribution in [0.1, 0.15) is 5.69 Å². The van der Waals surface area contributed by atoms with Gasteiger partial charge in [-0.1, -0.05) is 5.92 Å². The number of nitrogens with zero attached hydrogens (tertiary/aromatic N) is 3. The third-order valence-corrected chi connectivity index (χ3v) is 1.14. The Balaban J connectivity index is 2.68. The molecule has 0 atom stereocenters. The van der Waals surface area contributed by atoms with Crippen LogP contribution in [0.25, 0.3) is 0 Å². The molecular formula is C8H6N4. The predicted octanol–water partition coefficient (Wildman–Crippen LogP) is 0.393. The second-order valence-corrected chi connectivity index (χ2v) is 1.96. The molecule has 1 N–H and O–H groups in total. The highest BCUT2D eigenvalue weighted by Gasteiger charge is 1.93. The smallest absolute Gasteiger partial charge is 0.158 e. The maximum Gasteiger partial charge on any atom is 0.158 e. The molecule has 12 heavy (non-hydrogen) atoms. The van der Waals surface area contributed by atoms with Crippen molar-refractivity contribution in [1.29, 1.82) is 5.26 Å². The fourth-order valence-electron chi connectivity index (χ4n) is 0.619. The number of anilines is 1. The largest absolute Gasteiger partial charge is 0.358 e. The first-order valence-corrected chi connectivity index (χ1v) is 3.26. The summed E-state index contributed by atoms with van der Waals surface area (Å²) in [7, 11) is 0. The molecule has 0 radical (unpaired) electrons. The lowest BCUT2D eigenvalue weighted by Crippen LogP contribution is -2.01. The minimum absolute atomic E-state index is 0.293. The lowest BCUT2D eigenvalue weighted by atomic mass is 10.5. The van der Waals surface area contributed by atoms with Crippen molar-refractivity contribution >= 4 is 5.82 Å². The fourth-order valence-corrected chi connectivity index (χ4v) is 0.619. The van der Waals surface area contributed by atoms with Crippen LogP contribution in [0.2, 0.25) is 0 Å². The molecular weight excluding hydrogens is 152 g/mol. The number of nitrogens with one attached hydrogen (secondary N) is 1. The molecule has 58 valence electrons. The van der Waals surface area contributed by atoms with E-state index < -0.39 is 0 Å². The van der Waals surface area contributed by atoms with Crippen molar-refractivity contribution in [2.24, 2.45) is 0 Å². The summed E-state index contributed by atoms with van der Waals surface area (Å²) in [6.07, 6.45) is 7.88. The summed E-state index contributed by atoms with van der Waals surface area (Å²) >= 11 is 0. The summed E-state index contributed by atoms with van der Waals surface area (Å²) in [5.41, 5.74) is 0.293. The van der Waals surface area contributed by atoms with Gasteiger partial charge in [0.15, 0.2) is 5.69 Å². The van der Waals surface area contributed by atoms with Crippen LogP contribution in [0.15, 0.2) is 12.4 Å². The van der Waals surface area contributed by atoms with E-state index in [4.69, 9.17) is 11.7 Å². The Labute approximate surface area is 70.3 Å². The Morgan fingerprint density at radius 3 is 2.83 bits per heavy atom. The van der Waals surface area contributed by atoms with Crippen molar-refractivity contribution in [2.75, 3.05) is 11.9 Å². The summed E-state index contributed by atoms with van der Waals surface area (Å²) < 4.78 is 0. The average Bonchev–Trinajstić information content (AvgIpc) is 2.15. The highest BCUT2D eigenvalue weighted by molar-refractivity contribution is 5.34. The lowest BCUT2D eigenvalue weighted by Gasteiger charge is -1.98. The van der Waals surface area contributed by atoms with Crippen LogP contribution in [-0.4, -0.2) is 16.5 Å². The van der Waals surface area contributed by atoms with Gasteiger partial charge in [0.1, 0.15) is 11.9 Å². The normalized spacial score (nSPS) is 8.17. The first kappa shape index (κ1) is 8.03. The molecule has 0 amide bonds. The monoisotopic (exact) mass is 158 g/mol. The van der Waals surface area contributed by atoms with Crippen LogP contribution in [0.3, 0.4) is 0 Å². The van der Waals surface area contributed by atoms with Gasteiger partial charge in [0.25, 0.3) is 0 Å². The van der Waals surface area contributed by atoms with Crippen molar-refractivity contribution in [1.82, 2.24) is 9.97 Å². The van der Waals surface area contributed by atoms with Gasteiger partial charge in [-0.3, -0.25) is 0 Å². The highest BCUT2D eigenvalue weighted by atomic mass is 15.0. The van der Waals surface area contributed by atoms with Crippen molar-refractivity contribution < 1.29 is 0 Å². The molecule has 0 aromatic carbocycles. The van der Waals surface area contributed by atoms with E-state index in [-0.39, 0.29) is 0 Å². The van der Waals surface area contributed by atoms with Gasteiger partial charge < -0.3 is 5.32 Å². The van der Waals surface area contributed by atoms with Crippen LogP contribution in [0.5, 0.6) is 0 Å². The van der Waals surface area contributed by atoms with Crippen molar-refractivity contribution in [3.8, 4) is 18.4 Å². The van der Waals surface area contributed by atoms with Crippen LogP contribution < -0.4 is 5.32 Å². The zero-order chi connectivity index (χ0) is 8.81. The first-order chi connectivity index (χ1) is 5.86. The topological polar surface area (TPSA) is 61.6 Å². The molecule has 1 aromatic rings. The Bertz CT molecular complexity index is 328. The Hall–Kier alpha value is -2.07. The Kier molecular flexibility index (Phi) is 2.64. The average molecular weight is 158 g/mol. The van der Waals surface area contributed by atoms with Crippen LogP contribution in [0.4, 0.5) is 5.82 Å². The molecule has 1 aromatic heterocycles. The molecule has 4 heteroatoms. The van der Waals surface area contributed by atoms with Crippen molar-refractivity contribution in [3.63, 3.8) is 0 Å². The van der Waals surface area contributed by atoms with Gasteiger partial charge in [-0.25, -0.2) is 9.97 Å². The molecule has 0 unspecified atom stereocenters. The van der Waals surface area contributed by atoms with E-state index in [1.807, 2.05) is 6.07 Å². The summed E-state index contributed by atoms with van der Waals surface area (Å²) in [6.45, 7) is 0.403. The zero-order valence-corrected chi connectivity index (χ0v) is 6.28. The van der Waals surface area contributed by atoms with Gasteiger partial charge in [0.05, 0.1) is 18.9 Å². The second-order valence-electron chi connectivity index (χ2n) is 1.96. The number of hydrogen-bond acceptors (Lipinski definition) is 4. The summed E-state index contributed by atoms with van der Waals surface area (Å²) in [5.74, 6) is 2.98. The number of hydrogen-bond donors (Lipinski definition) is 1. The van der Waals surface area contributed by atoms with E-state index in [2.05, 4.69) is 21.2 Å². The number of aromatic nitrogens is 2. The van der Waals surface area contributed by atoms with E-state index in [0.717, 1.165) is 0 Å². The fraction of sp³-hybridized carbons (Fsp3) is 0.125. The van der Waals surface area contributed by atoms with E-state index in [0.29, 0.717) is 18.1 Å². The zero-order valence-electron chi connectivity index (χ0n) is 6.28. The Morgan fingerprint density at radius 2 is 2.33 bits per heavy atom. The van der Waals surface area contributed by atoms with Crippen molar-refractivity contribution in [2.45, 2.75) is 0 Å². The van der Waals surface area contributed by atoms with Gasteiger partial charge in [-0.15, -0.1) is 6.42 Å². The number of terminal acetylenes is 1. The maximum atomic E-state index is 8.40. The van der Waals surface area contributed by atoms with Gasteiger partial charge >= 0.3 is 0 Å². The summed E-state index contributed by atoms with van der Waals surface area (Å²) in [5, 5.41) is 11.2. The van der Waals surface area contributed by atoms with Crippen LogP contribution in [-0.2, 0) is 0 Å². The molecule has 1 rings (SSSR count). The minimum Gasteiger partial charge on any atom is -0.358 e. The van der Waals surface area contributed by atoms with E-state index in [1.54, 1.807) is 0 Å². The third-order valence-electron chi connectivity index (χ3n) is 1.14. The standard InChI is InChI=1S/C8H6N4/c1-2-3-10-8-6-11-7(4-9)5-12-8/h1,5-6H,3H2,(H,10,12). The van der Waals surface area contributed by atoms with Gasteiger partial charge in [0, 0.05) is 0 Å². The molecule has 0 fully saturated rings. The quantitative estimate of drug-likeness (QED) is 0.632. The predicted molar refractivity (Wildman–Crippen MR) is 44.1 cm³/mol. The molecule has 4 nitrogen and oxygen atoms in total. The molecule has 0 bridgehead atoms. The SMILES string of the molecule is C#CCNc1cnc(C#N)cn1. The molecule has 0 aliphatic heterocycles.